The number of carbonyl (C=O) groups is 1. The van der Waals surface area contributed by atoms with Crippen LogP contribution in [0.5, 0.6) is 0 Å². The average Bonchev–Trinajstić information content (AvgIpc) is 3.03. The zero-order valence-electron chi connectivity index (χ0n) is 14.7. The van der Waals surface area contributed by atoms with Crippen molar-refractivity contribution in [2.75, 3.05) is 20.3 Å². The molecule has 1 amide bonds. The van der Waals surface area contributed by atoms with Crippen LogP contribution in [-0.2, 0) is 4.74 Å². The molecule has 6 nitrogen and oxygen atoms in total. The first-order valence-electron chi connectivity index (χ1n) is 8.74. The first-order valence-corrected chi connectivity index (χ1v) is 8.74. The topological polar surface area (TPSA) is 60.2 Å². The summed E-state index contributed by atoms with van der Waals surface area (Å²) < 4.78 is 7.22. The minimum atomic E-state index is 0.0595. The summed E-state index contributed by atoms with van der Waals surface area (Å²) in [5.74, 6) is 0.0595. The van der Waals surface area contributed by atoms with Gasteiger partial charge in [0, 0.05) is 38.5 Å². The van der Waals surface area contributed by atoms with E-state index in [-0.39, 0.29) is 11.9 Å². The molecule has 0 N–H and O–H groups in total. The molecular weight excluding hydrogens is 304 g/mol. The maximum Gasteiger partial charge on any atom is 0.255 e. The number of pyridine rings is 1. The quantitative estimate of drug-likeness (QED) is 0.845. The van der Waals surface area contributed by atoms with Gasteiger partial charge in [-0.2, -0.15) is 0 Å². The normalized spacial score (nSPS) is 18.5. The summed E-state index contributed by atoms with van der Waals surface area (Å²) in [6, 6.07) is 2.42. The second-order valence-electron chi connectivity index (χ2n) is 6.74. The molecule has 1 atom stereocenters. The number of piperidine rings is 1. The Morgan fingerprint density at radius 2 is 2.21 bits per heavy atom. The van der Waals surface area contributed by atoms with Gasteiger partial charge in [-0.25, -0.2) is 9.97 Å². The van der Waals surface area contributed by atoms with Gasteiger partial charge in [-0.15, -0.1) is 0 Å². The van der Waals surface area contributed by atoms with Gasteiger partial charge in [0.05, 0.1) is 11.9 Å². The fourth-order valence-corrected chi connectivity index (χ4v) is 3.40. The number of ether oxygens (including phenoxy) is 1. The molecule has 3 rings (SSSR count). The van der Waals surface area contributed by atoms with Crippen LogP contribution in [0.1, 0.15) is 55.9 Å². The molecule has 3 heterocycles. The van der Waals surface area contributed by atoms with Gasteiger partial charge in [0.2, 0.25) is 0 Å². The largest absolute Gasteiger partial charge is 0.385 e. The number of hydrogen-bond donors (Lipinski definition) is 0. The van der Waals surface area contributed by atoms with Gasteiger partial charge in [-0.05, 0) is 45.6 Å². The number of nitrogens with zero attached hydrogens (tertiary/aromatic N) is 4. The van der Waals surface area contributed by atoms with Crippen molar-refractivity contribution in [3.8, 4) is 0 Å². The molecule has 1 unspecified atom stereocenters. The van der Waals surface area contributed by atoms with E-state index in [4.69, 9.17) is 4.74 Å². The number of fused-ring (bicyclic) bond motifs is 1. The molecule has 0 radical (unpaired) electrons. The number of hydrogen-bond acceptors (Lipinski definition) is 4. The Labute approximate surface area is 142 Å². The van der Waals surface area contributed by atoms with Crippen molar-refractivity contribution in [2.45, 2.75) is 51.6 Å². The zero-order valence-corrected chi connectivity index (χ0v) is 14.7. The predicted octanol–water partition coefficient (Wildman–Crippen LogP) is 3.04. The van der Waals surface area contributed by atoms with Crippen molar-refractivity contribution < 1.29 is 9.53 Å². The molecule has 6 heteroatoms. The molecule has 0 spiro atoms. The maximum absolute atomic E-state index is 13.0. The Morgan fingerprint density at radius 1 is 1.38 bits per heavy atom. The zero-order chi connectivity index (χ0) is 17.1. The minimum absolute atomic E-state index is 0.0595. The first-order chi connectivity index (χ1) is 11.6. The van der Waals surface area contributed by atoms with Crippen LogP contribution in [0.3, 0.4) is 0 Å². The summed E-state index contributed by atoms with van der Waals surface area (Å²) in [6.07, 6.45) is 7.65. The van der Waals surface area contributed by atoms with Crippen LogP contribution >= 0.6 is 0 Å². The summed E-state index contributed by atoms with van der Waals surface area (Å²) in [5.41, 5.74) is 2.23. The van der Waals surface area contributed by atoms with E-state index in [1.807, 2.05) is 15.5 Å². The summed E-state index contributed by atoms with van der Waals surface area (Å²) >= 11 is 0. The van der Waals surface area contributed by atoms with Crippen LogP contribution in [0.25, 0.3) is 11.2 Å². The highest BCUT2D eigenvalue weighted by atomic mass is 16.5. The van der Waals surface area contributed by atoms with Gasteiger partial charge >= 0.3 is 0 Å². The molecule has 1 saturated heterocycles. The molecule has 1 fully saturated rings. The van der Waals surface area contributed by atoms with E-state index in [1.165, 1.54) is 6.42 Å². The maximum atomic E-state index is 13.0. The molecule has 24 heavy (non-hydrogen) atoms. The van der Waals surface area contributed by atoms with Crippen molar-refractivity contribution in [3.63, 3.8) is 0 Å². The number of amides is 1. The number of methoxy groups -OCH3 is 1. The fourth-order valence-electron chi connectivity index (χ4n) is 3.40. The third-order valence-electron chi connectivity index (χ3n) is 4.76. The Balaban J connectivity index is 1.84. The number of rotatable bonds is 5. The number of aromatic nitrogens is 3. The molecule has 1 aliphatic heterocycles. The van der Waals surface area contributed by atoms with Gasteiger partial charge in [-0.1, -0.05) is 0 Å². The number of likely N-dealkylation sites (tertiary alicyclic amines) is 1. The van der Waals surface area contributed by atoms with E-state index in [2.05, 4.69) is 23.8 Å². The summed E-state index contributed by atoms with van der Waals surface area (Å²) in [6.45, 7) is 5.68. The number of carbonyl (C=O) groups excluding carboxylic acids is 1. The van der Waals surface area contributed by atoms with Crippen molar-refractivity contribution in [1.29, 1.82) is 0 Å². The smallest absolute Gasteiger partial charge is 0.255 e. The highest BCUT2D eigenvalue weighted by Crippen LogP contribution is 2.23. The van der Waals surface area contributed by atoms with E-state index in [0.29, 0.717) is 18.2 Å². The van der Waals surface area contributed by atoms with Crippen LogP contribution in [0.4, 0.5) is 0 Å². The summed E-state index contributed by atoms with van der Waals surface area (Å²) in [5, 5.41) is 0. The Morgan fingerprint density at radius 3 is 2.96 bits per heavy atom. The van der Waals surface area contributed by atoms with E-state index < -0.39 is 0 Å². The Hall–Kier alpha value is -1.95. The molecule has 2 aromatic rings. The molecule has 0 aromatic carbocycles. The monoisotopic (exact) mass is 330 g/mol. The minimum Gasteiger partial charge on any atom is -0.385 e. The summed E-state index contributed by atoms with van der Waals surface area (Å²) in [4.78, 5) is 23.9. The molecule has 0 bridgehead atoms. The molecule has 0 saturated carbocycles. The first kappa shape index (κ1) is 16.9. The lowest BCUT2D eigenvalue weighted by molar-refractivity contribution is 0.0553. The van der Waals surface area contributed by atoms with Crippen LogP contribution in [0, 0.1) is 0 Å². The van der Waals surface area contributed by atoms with Crippen LogP contribution < -0.4 is 0 Å². The van der Waals surface area contributed by atoms with Gasteiger partial charge in [0.15, 0.2) is 5.65 Å². The molecule has 0 aliphatic carbocycles. The van der Waals surface area contributed by atoms with Crippen LogP contribution in [-0.4, -0.2) is 51.6 Å². The second kappa shape index (κ2) is 7.30. The van der Waals surface area contributed by atoms with Crippen LogP contribution in [0.2, 0.25) is 0 Å². The molecular formula is C18H26N4O2. The Kier molecular flexibility index (Phi) is 5.14. The second-order valence-corrected chi connectivity index (χ2v) is 6.74. The van der Waals surface area contributed by atoms with Crippen molar-refractivity contribution in [2.24, 2.45) is 0 Å². The van der Waals surface area contributed by atoms with Gasteiger partial charge in [-0.3, -0.25) is 4.79 Å². The fraction of sp³-hybridized carbons (Fsp3) is 0.611. The van der Waals surface area contributed by atoms with Gasteiger partial charge in [0.25, 0.3) is 5.91 Å². The highest BCUT2D eigenvalue weighted by molar-refractivity contribution is 5.96. The third kappa shape index (κ3) is 3.29. The van der Waals surface area contributed by atoms with Crippen molar-refractivity contribution in [1.82, 2.24) is 19.4 Å². The SMILES string of the molecule is COCCC1CCCCN1C(=O)c1cnc2c(c1)ncn2C(C)C. The van der Waals surface area contributed by atoms with E-state index in [1.54, 1.807) is 19.6 Å². The van der Waals surface area contributed by atoms with Gasteiger partial charge < -0.3 is 14.2 Å². The van der Waals surface area contributed by atoms with E-state index in [0.717, 1.165) is 37.0 Å². The average molecular weight is 330 g/mol. The highest BCUT2D eigenvalue weighted by Gasteiger charge is 2.27. The molecule has 130 valence electrons. The molecule has 2 aromatic heterocycles. The predicted molar refractivity (Wildman–Crippen MR) is 93.1 cm³/mol. The lowest BCUT2D eigenvalue weighted by Gasteiger charge is -2.35. The van der Waals surface area contributed by atoms with E-state index in [9.17, 15) is 4.79 Å². The van der Waals surface area contributed by atoms with Crippen molar-refractivity contribution in [3.05, 3.63) is 24.2 Å². The van der Waals surface area contributed by atoms with Gasteiger partial charge in [0.1, 0.15) is 5.52 Å². The van der Waals surface area contributed by atoms with E-state index >= 15 is 0 Å². The summed E-state index contributed by atoms with van der Waals surface area (Å²) in [7, 11) is 1.71. The lowest BCUT2D eigenvalue weighted by Crippen LogP contribution is -2.44. The Bertz CT molecular complexity index is 710. The lowest BCUT2D eigenvalue weighted by atomic mass is 9.98. The third-order valence-corrected chi connectivity index (χ3v) is 4.76. The standard InChI is InChI=1S/C18H26N4O2/c1-13(2)22-12-20-16-10-14(11-19-17(16)22)18(23)21-8-5-4-6-15(21)7-9-24-3/h10-13,15H,4-9H2,1-3H3. The molecule has 1 aliphatic rings. The van der Waals surface area contributed by atoms with Crippen LogP contribution in [0.15, 0.2) is 18.6 Å². The van der Waals surface area contributed by atoms with Crippen molar-refractivity contribution >= 4 is 17.1 Å². The number of imidazole rings is 1.